The maximum atomic E-state index is 11.7. The predicted octanol–water partition coefficient (Wildman–Crippen LogP) is 1.37. The van der Waals surface area contributed by atoms with Gasteiger partial charge in [0.1, 0.15) is 0 Å². The quantitative estimate of drug-likeness (QED) is 0.582. The molecule has 0 saturated heterocycles. The van der Waals surface area contributed by atoms with Crippen LogP contribution in [-0.4, -0.2) is 30.1 Å². The summed E-state index contributed by atoms with van der Waals surface area (Å²) < 4.78 is 0. The molecule has 0 bridgehead atoms. The van der Waals surface area contributed by atoms with E-state index in [1.165, 1.54) is 0 Å². The Bertz CT molecular complexity index is 277. The number of aliphatic carboxylic acids is 1. The van der Waals surface area contributed by atoms with E-state index >= 15 is 0 Å². The Morgan fingerprint density at radius 3 is 2.39 bits per heavy atom. The molecule has 106 valence electrons. The molecule has 0 rings (SSSR count). The van der Waals surface area contributed by atoms with Crippen molar-refractivity contribution < 1.29 is 14.7 Å². The third-order valence-electron chi connectivity index (χ3n) is 3.31. The first-order valence-corrected chi connectivity index (χ1v) is 6.53. The minimum atomic E-state index is -0.762. The molecular weight excluding hydrogens is 232 g/mol. The van der Waals surface area contributed by atoms with E-state index in [2.05, 4.69) is 5.32 Å². The van der Waals surface area contributed by atoms with Gasteiger partial charge in [0.15, 0.2) is 0 Å². The van der Waals surface area contributed by atoms with E-state index in [0.29, 0.717) is 25.4 Å². The number of rotatable bonds is 9. The summed E-state index contributed by atoms with van der Waals surface area (Å²) in [5.41, 5.74) is 4.98. The molecule has 1 amide bonds. The zero-order chi connectivity index (χ0) is 14.2. The van der Waals surface area contributed by atoms with Crippen LogP contribution >= 0.6 is 0 Å². The Hall–Kier alpha value is -1.10. The van der Waals surface area contributed by atoms with Crippen LogP contribution < -0.4 is 11.1 Å². The molecule has 0 fully saturated rings. The SMILES string of the molecule is CCC(CCNC(=O)C(C)(C)CN)CCC(=O)O. The topological polar surface area (TPSA) is 92.4 Å². The Balaban J connectivity index is 3.93. The molecule has 0 aromatic heterocycles. The summed E-state index contributed by atoms with van der Waals surface area (Å²) in [5.74, 6) is -0.456. The molecule has 0 aliphatic heterocycles. The van der Waals surface area contributed by atoms with E-state index < -0.39 is 11.4 Å². The molecule has 5 heteroatoms. The second kappa shape index (κ2) is 8.08. The number of nitrogens with two attached hydrogens (primary N) is 1. The van der Waals surface area contributed by atoms with Crippen molar-refractivity contribution in [3.63, 3.8) is 0 Å². The first-order valence-electron chi connectivity index (χ1n) is 6.53. The Kier molecular flexibility index (Phi) is 7.59. The van der Waals surface area contributed by atoms with Gasteiger partial charge >= 0.3 is 5.97 Å². The first-order chi connectivity index (χ1) is 8.33. The second-order valence-corrected chi connectivity index (χ2v) is 5.34. The highest BCUT2D eigenvalue weighted by Crippen LogP contribution is 2.16. The molecule has 0 saturated carbocycles. The van der Waals surface area contributed by atoms with Gasteiger partial charge in [-0.1, -0.05) is 13.3 Å². The summed E-state index contributed by atoms with van der Waals surface area (Å²) in [6.45, 7) is 6.56. The van der Waals surface area contributed by atoms with Crippen LogP contribution in [0.3, 0.4) is 0 Å². The van der Waals surface area contributed by atoms with E-state index in [9.17, 15) is 9.59 Å². The van der Waals surface area contributed by atoms with Crippen molar-refractivity contribution in [1.29, 1.82) is 0 Å². The number of amides is 1. The number of nitrogens with one attached hydrogen (secondary N) is 1. The molecule has 4 N–H and O–H groups in total. The van der Waals surface area contributed by atoms with Gasteiger partial charge in [0, 0.05) is 19.5 Å². The lowest BCUT2D eigenvalue weighted by Gasteiger charge is -2.22. The van der Waals surface area contributed by atoms with E-state index in [0.717, 1.165) is 12.8 Å². The van der Waals surface area contributed by atoms with Crippen molar-refractivity contribution in [2.75, 3.05) is 13.1 Å². The highest BCUT2D eigenvalue weighted by molar-refractivity contribution is 5.81. The lowest BCUT2D eigenvalue weighted by atomic mass is 9.92. The average Bonchev–Trinajstić information content (AvgIpc) is 2.32. The van der Waals surface area contributed by atoms with Crippen molar-refractivity contribution in [1.82, 2.24) is 5.32 Å². The number of carbonyl (C=O) groups is 2. The van der Waals surface area contributed by atoms with Crippen molar-refractivity contribution >= 4 is 11.9 Å². The summed E-state index contributed by atoms with van der Waals surface area (Å²) in [5, 5.41) is 11.5. The van der Waals surface area contributed by atoms with Gasteiger partial charge in [0.2, 0.25) is 5.91 Å². The van der Waals surface area contributed by atoms with Crippen LogP contribution in [0, 0.1) is 11.3 Å². The van der Waals surface area contributed by atoms with E-state index in [4.69, 9.17) is 10.8 Å². The first kappa shape index (κ1) is 16.9. The molecule has 1 unspecified atom stereocenters. The van der Waals surface area contributed by atoms with Gasteiger partial charge in [0.25, 0.3) is 0 Å². The molecule has 0 aliphatic carbocycles. The molecule has 0 radical (unpaired) electrons. The van der Waals surface area contributed by atoms with Crippen LogP contribution in [0.5, 0.6) is 0 Å². The fourth-order valence-corrected chi connectivity index (χ4v) is 1.60. The lowest BCUT2D eigenvalue weighted by molar-refractivity contribution is -0.137. The van der Waals surface area contributed by atoms with E-state index in [-0.39, 0.29) is 12.3 Å². The van der Waals surface area contributed by atoms with Gasteiger partial charge in [-0.2, -0.15) is 0 Å². The highest BCUT2D eigenvalue weighted by Gasteiger charge is 2.25. The molecule has 0 heterocycles. The van der Waals surface area contributed by atoms with Crippen LogP contribution in [0.4, 0.5) is 0 Å². The minimum Gasteiger partial charge on any atom is -0.481 e. The molecule has 5 nitrogen and oxygen atoms in total. The van der Waals surface area contributed by atoms with Crippen molar-refractivity contribution in [3.05, 3.63) is 0 Å². The fraction of sp³-hybridized carbons (Fsp3) is 0.846. The number of carboxylic acid groups (broad SMARTS) is 1. The van der Waals surface area contributed by atoms with Gasteiger partial charge in [0.05, 0.1) is 5.41 Å². The average molecular weight is 258 g/mol. The third-order valence-corrected chi connectivity index (χ3v) is 3.31. The van der Waals surface area contributed by atoms with Crippen molar-refractivity contribution in [2.24, 2.45) is 17.1 Å². The van der Waals surface area contributed by atoms with Crippen LogP contribution in [0.25, 0.3) is 0 Å². The maximum Gasteiger partial charge on any atom is 0.303 e. The van der Waals surface area contributed by atoms with Gasteiger partial charge in [-0.15, -0.1) is 0 Å². The predicted molar refractivity (Wildman–Crippen MR) is 71.1 cm³/mol. The van der Waals surface area contributed by atoms with Gasteiger partial charge in [-0.05, 0) is 32.6 Å². The standard InChI is InChI=1S/C13H26N2O3/c1-4-10(5-6-11(16)17)7-8-15-12(18)13(2,3)9-14/h10H,4-9,14H2,1-3H3,(H,15,18)(H,16,17). The van der Waals surface area contributed by atoms with Gasteiger partial charge in [-0.25, -0.2) is 0 Å². The number of carbonyl (C=O) groups excluding carboxylic acids is 1. The van der Waals surface area contributed by atoms with Crippen molar-refractivity contribution in [3.8, 4) is 0 Å². The number of hydrogen-bond acceptors (Lipinski definition) is 3. The smallest absolute Gasteiger partial charge is 0.303 e. The zero-order valence-electron chi connectivity index (χ0n) is 11.7. The summed E-state index contributed by atoms with van der Waals surface area (Å²) >= 11 is 0. The van der Waals surface area contributed by atoms with Gasteiger partial charge in [-0.3, -0.25) is 9.59 Å². The Morgan fingerprint density at radius 2 is 1.94 bits per heavy atom. The van der Waals surface area contributed by atoms with Crippen LogP contribution in [-0.2, 0) is 9.59 Å². The normalized spacial score (nSPS) is 13.1. The molecular formula is C13H26N2O3. The van der Waals surface area contributed by atoms with Crippen LogP contribution in [0.1, 0.15) is 46.5 Å². The largest absolute Gasteiger partial charge is 0.481 e. The fourth-order valence-electron chi connectivity index (χ4n) is 1.60. The van der Waals surface area contributed by atoms with E-state index in [1.54, 1.807) is 0 Å². The highest BCUT2D eigenvalue weighted by atomic mass is 16.4. The Labute approximate surface area is 109 Å². The van der Waals surface area contributed by atoms with Crippen LogP contribution in [0.15, 0.2) is 0 Å². The Morgan fingerprint density at radius 1 is 1.33 bits per heavy atom. The second-order valence-electron chi connectivity index (χ2n) is 5.34. The van der Waals surface area contributed by atoms with Gasteiger partial charge < -0.3 is 16.2 Å². The lowest BCUT2D eigenvalue weighted by Crippen LogP contribution is -2.42. The summed E-state index contributed by atoms with van der Waals surface area (Å²) in [6, 6.07) is 0. The summed E-state index contributed by atoms with van der Waals surface area (Å²) in [4.78, 5) is 22.2. The molecule has 1 atom stereocenters. The monoisotopic (exact) mass is 258 g/mol. The molecule has 0 spiro atoms. The molecule has 0 aromatic rings. The third kappa shape index (κ3) is 6.59. The molecule has 0 aliphatic rings. The maximum absolute atomic E-state index is 11.7. The van der Waals surface area contributed by atoms with E-state index in [1.807, 2.05) is 20.8 Å². The number of carboxylic acids is 1. The van der Waals surface area contributed by atoms with Crippen LogP contribution in [0.2, 0.25) is 0 Å². The molecule has 18 heavy (non-hydrogen) atoms. The van der Waals surface area contributed by atoms with Crippen molar-refractivity contribution in [2.45, 2.75) is 46.5 Å². The summed E-state index contributed by atoms with van der Waals surface area (Å²) in [6.07, 6.45) is 2.61. The summed E-state index contributed by atoms with van der Waals surface area (Å²) in [7, 11) is 0. The minimum absolute atomic E-state index is 0.0434. The molecule has 0 aromatic carbocycles. The number of hydrogen-bond donors (Lipinski definition) is 3. The zero-order valence-corrected chi connectivity index (χ0v) is 11.7.